The van der Waals surface area contributed by atoms with Gasteiger partial charge >= 0.3 is 11.9 Å². The van der Waals surface area contributed by atoms with Gasteiger partial charge in [0.15, 0.2) is 6.10 Å². The summed E-state index contributed by atoms with van der Waals surface area (Å²) in [7, 11) is 0. The van der Waals surface area contributed by atoms with Crippen LogP contribution in [-0.2, 0) is 25.5 Å². The first-order valence-corrected chi connectivity index (χ1v) is 10.5. The van der Waals surface area contributed by atoms with Crippen LogP contribution in [0.4, 0.5) is 0 Å². The van der Waals surface area contributed by atoms with Crippen molar-refractivity contribution in [3.63, 3.8) is 0 Å². The molecule has 0 spiro atoms. The molecule has 3 N–H and O–H groups in total. The molecule has 4 aliphatic rings. The zero-order valence-electron chi connectivity index (χ0n) is 17.5. The van der Waals surface area contributed by atoms with Gasteiger partial charge in [-0.15, -0.1) is 0 Å². The van der Waals surface area contributed by atoms with Crippen LogP contribution in [0, 0.1) is 22.7 Å². The van der Waals surface area contributed by atoms with Gasteiger partial charge in [-0.05, 0) is 18.4 Å². The Morgan fingerprint density at radius 2 is 1.97 bits per heavy atom. The first kappa shape index (κ1) is 20.0. The van der Waals surface area contributed by atoms with E-state index in [2.05, 4.69) is 0 Å². The van der Waals surface area contributed by atoms with E-state index in [4.69, 9.17) is 13.9 Å². The van der Waals surface area contributed by atoms with E-state index in [0.29, 0.717) is 12.2 Å². The molecule has 9 unspecified atom stereocenters. The smallest absolute Gasteiger partial charge is 0.314 e. The molecule has 164 valence electrons. The maximum atomic E-state index is 13.0. The Hall–Kier alpha value is -1.90. The highest BCUT2D eigenvalue weighted by molar-refractivity contribution is 5.82. The topological polar surface area (TPSA) is 126 Å². The number of ether oxygens (including phenoxy) is 2. The molecule has 0 amide bonds. The number of hydrogen-bond donors (Lipinski definition) is 3. The molecule has 3 aliphatic carbocycles. The number of carbonyl (C=O) groups is 2. The predicted octanol–water partition coefficient (Wildman–Crippen LogP) is 0.911. The summed E-state index contributed by atoms with van der Waals surface area (Å²) in [5, 5.41) is 34.4. The van der Waals surface area contributed by atoms with Crippen LogP contribution in [0.2, 0.25) is 0 Å². The summed E-state index contributed by atoms with van der Waals surface area (Å²) in [5.74, 6) is -1.92. The second-order valence-electron chi connectivity index (χ2n) is 10.2. The Balaban J connectivity index is 1.78. The van der Waals surface area contributed by atoms with Crippen molar-refractivity contribution >= 4 is 11.9 Å². The van der Waals surface area contributed by atoms with E-state index >= 15 is 0 Å². The fourth-order valence-electron chi connectivity index (χ4n) is 7.34. The van der Waals surface area contributed by atoms with E-state index in [9.17, 15) is 24.9 Å². The maximum Gasteiger partial charge on any atom is 0.314 e. The second kappa shape index (κ2) is 5.87. The Morgan fingerprint density at radius 1 is 1.27 bits per heavy atom. The number of rotatable bonds is 1. The lowest BCUT2D eigenvalue weighted by Gasteiger charge is -2.69. The fourth-order valence-corrected chi connectivity index (χ4v) is 7.34. The number of esters is 2. The van der Waals surface area contributed by atoms with Gasteiger partial charge in [-0.2, -0.15) is 0 Å². The number of fused-ring (bicyclic) bond motifs is 4. The minimum absolute atomic E-state index is 0.103. The number of carbonyl (C=O) groups excluding carboxylic acids is 2. The highest BCUT2D eigenvalue weighted by atomic mass is 16.6. The average Bonchev–Trinajstić information content (AvgIpc) is 3.25. The van der Waals surface area contributed by atoms with Crippen molar-refractivity contribution in [2.24, 2.45) is 22.7 Å². The molecular formula is C22H28O8. The SMILES string of the molecule is CC(=O)OC1C2OC(=O)C3c4ccoc4CC(C32)C2(C)C(O)C(O)CC(C)(C)C12O. The van der Waals surface area contributed by atoms with Gasteiger partial charge in [0, 0.05) is 35.7 Å². The van der Waals surface area contributed by atoms with Crippen LogP contribution in [0.15, 0.2) is 16.7 Å². The standard InChI is InChI=1S/C22H28O8/c1-9(23)29-18-16-15-11(7-13-10(5-6-28-13)14(15)19(26)30-16)21(4)17(25)12(24)8-20(2,3)22(18,21)27/h5-6,11-12,14-18,24-25,27H,7-8H2,1-4H3. The van der Waals surface area contributed by atoms with Crippen molar-refractivity contribution in [1.82, 2.24) is 0 Å². The Bertz CT molecular complexity index is 920. The zero-order chi connectivity index (χ0) is 21.8. The zero-order valence-corrected chi connectivity index (χ0v) is 17.5. The monoisotopic (exact) mass is 420 g/mol. The quantitative estimate of drug-likeness (QED) is 0.573. The molecule has 3 fully saturated rings. The molecule has 0 aromatic carbocycles. The number of aliphatic hydroxyl groups is 3. The molecular weight excluding hydrogens is 392 g/mol. The highest BCUT2D eigenvalue weighted by Crippen LogP contribution is 2.69. The van der Waals surface area contributed by atoms with Crippen LogP contribution >= 0.6 is 0 Å². The molecule has 1 aliphatic heterocycles. The van der Waals surface area contributed by atoms with E-state index in [1.165, 1.54) is 13.2 Å². The van der Waals surface area contributed by atoms with E-state index in [1.807, 2.05) is 0 Å². The van der Waals surface area contributed by atoms with Crippen LogP contribution in [0.25, 0.3) is 0 Å². The lowest BCUT2D eigenvalue weighted by Crippen LogP contribution is -2.81. The first-order chi connectivity index (χ1) is 13.9. The van der Waals surface area contributed by atoms with Gasteiger partial charge in [0.1, 0.15) is 17.5 Å². The molecule has 30 heavy (non-hydrogen) atoms. The number of furan rings is 1. The molecule has 8 nitrogen and oxygen atoms in total. The van der Waals surface area contributed by atoms with E-state index < -0.39 is 70.5 Å². The summed E-state index contributed by atoms with van der Waals surface area (Å²) in [6, 6.07) is 1.75. The van der Waals surface area contributed by atoms with Crippen molar-refractivity contribution < 1.29 is 38.8 Å². The summed E-state index contributed by atoms with van der Waals surface area (Å²) in [6.07, 6.45) is -2.37. The average molecular weight is 420 g/mol. The number of aliphatic hydroxyl groups excluding tert-OH is 2. The molecule has 1 aromatic heterocycles. The third kappa shape index (κ3) is 2.07. The van der Waals surface area contributed by atoms with Gasteiger partial charge in [-0.3, -0.25) is 9.59 Å². The molecule has 1 saturated heterocycles. The van der Waals surface area contributed by atoms with Crippen LogP contribution in [-0.4, -0.2) is 57.3 Å². The Kier molecular flexibility index (Phi) is 3.92. The van der Waals surface area contributed by atoms with Gasteiger partial charge in [0.25, 0.3) is 0 Å². The molecule has 5 rings (SSSR count). The van der Waals surface area contributed by atoms with Gasteiger partial charge in [0.05, 0.1) is 24.4 Å². The van der Waals surface area contributed by atoms with Crippen molar-refractivity contribution in [3.8, 4) is 0 Å². The van der Waals surface area contributed by atoms with Crippen molar-refractivity contribution in [3.05, 3.63) is 23.7 Å². The Labute approximate surface area is 174 Å². The van der Waals surface area contributed by atoms with Crippen molar-refractivity contribution in [2.75, 3.05) is 0 Å². The molecule has 2 saturated carbocycles. The third-order valence-corrected chi connectivity index (χ3v) is 8.58. The fraction of sp³-hybridized carbons (Fsp3) is 0.727. The molecule has 0 radical (unpaired) electrons. The van der Waals surface area contributed by atoms with Crippen LogP contribution < -0.4 is 0 Å². The summed E-state index contributed by atoms with van der Waals surface area (Å²) in [4.78, 5) is 25.0. The Morgan fingerprint density at radius 3 is 2.63 bits per heavy atom. The van der Waals surface area contributed by atoms with Crippen LogP contribution in [0.5, 0.6) is 0 Å². The van der Waals surface area contributed by atoms with Crippen molar-refractivity contribution in [1.29, 1.82) is 0 Å². The second-order valence-corrected chi connectivity index (χ2v) is 10.2. The van der Waals surface area contributed by atoms with Gasteiger partial charge in [-0.25, -0.2) is 0 Å². The maximum absolute atomic E-state index is 13.0. The molecule has 0 bridgehead atoms. The number of hydrogen-bond acceptors (Lipinski definition) is 8. The van der Waals surface area contributed by atoms with Crippen LogP contribution in [0.3, 0.4) is 0 Å². The molecule has 8 heteroatoms. The van der Waals surface area contributed by atoms with Crippen molar-refractivity contribution in [2.45, 2.75) is 76.5 Å². The molecule has 2 heterocycles. The first-order valence-electron chi connectivity index (χ1n) is 10.5. The largest absolute Gasteiger partial charge is 0.469 e. The normalized spacial score (nSPS) is 48.2. The van der Waals surface area contributed by atoms with E-state index in [-0.39, 0.29) is 6.42 Å². The molecule has 1 aromatic rings. The lowest BCUT2D eigenvalue weighted by atomic mass is 9.39. The molecule has 9 atom stereocenters. The van der Waals surface area contributed by atoms with Crippen LogP contribution in [0.1, 0.15) is 51.4 Å². The third-order valence-electron chi connectivity index (χ3n) is 8.58. The summed E-state index contributed by atoms with van der Waals surface area (Å²) >= 11 is 0. The van der Waals surface area contributed by atoms with Gasteiger partial charge in [0.2, 0.25) is 0 Å². The summed E-state index contributed by atoms with van der Waals surface area (Å²) in [6.45, 7) is 6.54. The van der Waals surface area contributed by atoms with Gasteiger partial charge < -0.3 is 29.2 Å². The minimum Gasteiger partial charge on any atom is -0.469 e. The summed E-state index contributed by atoms with van der Waals surface area (Å²) in [5.41, 5.74) is -3.24. The van der Waals surface area contributed by atoms with Gasteiger partial charge in [-0.1, -0.05) is 20.8 Å². The van der Waals surface area contributed by atoms with E-state index in [0.717, 1.165) is 5.56 Å². The predicted molar refractivity (Wildman–Crippen MR) is 101 cm³/mol. The minimum atomic E-state index is -1.75. The highest BCUT2D eigenvalue weighted by Gasteiger charge is 2.79. The summed E-state index contributed by atoms with van der Waals surface area (Å²) < 4.78 is 17.1. The lowest BCUT2D eigenvalue weighted by molar-refractivity contribution is -0.345. The van der Waals surface area contributed by atoms with E-state index in [1.54, 1.807) is 26.8 Å².